The minimum atomic E-state index is -5.00. The van der Waals surface area contributed by atoms with E-state index in [-0.39, 0.29) is 95.3 Å². The lowest BCUT2D eigenvalue weighted by molar-refractivity contribution is -0.387. The number of carboxylic acid groups (broad SMARTS) is 2. The van der Waals surface area contributed by atoms with Gasteiger partial charge < -0.3 is 55.5 Å². The Labute approximate surface area is 434 Å². The van der Waals surface area contributed by atoms with Gasteiger partial charge in [-0.1, -0.05) is 19.1 Å². The van der Waals surface area contributed by atoms with E-state index in [0.29, 0.717) is 17.7 Å². The monoisotopic (exact) mass is 1090 g/mol. The zero-order valence-corrected chi connectivity index (χ0v) is 42.4. The van der Waals surface area contributed by atoms with Crippen molar-refractivity contribution >= 4 is 51.3 Å². The third-order valence-electron chi connectivity index (χ3n) is 11.5. The minimum Gasteiger partial charge on any atom is -0.478 e. The van der Waals surface area contributed by atoms with E-state index >= 15 is 0 Å². The van der Waals surface area contributed by atoms with E-state index in [1.165, 1.54) is 29.3 Å². The lowest BCUT2D eigenvalue weighted by Crippen LogP contribution is -2.55. The highest BCUT2D eigenvalue weighted by Crippen LogP contribution is 2.36. The maximum Gasteiger partial charge on any atom is 0.434 e. The standard InChI is InChI=1S/C47H58F3N11O14S/c1-4-30-28-58(44(64)32-14-17-40(74-5-2)57-41(32)47(48,49)50)23-24-60(30)36-16-15-33(31-11-9-18-53-43(31)75-6-3)55-35(36)29-59(76(71,72)38-13-8-7-12-37(38)61(69)70)22-10-19-52-42(63)34(56-46(67)68)27-39(62)51-20-25-73-26-21-54-45(65)66/h7-9,11-18,30,34,54,56H,4-6,10,19-29H2,1-3H3,(H,51,62)(H,52,63)(H,65,66)(H,67,68)/t30-,34?/m1/s1. The van der Waals surface area contributed by atoms with Crippen molar-refractivity contribution in [2.75, 3.05) is 77.1 Å². The number of hydrogen-bond acceptors (Lipinski definition) is 16. The van der Waals surface area contributed by atoms with Gasteiger partial charge in [-0.15, -0.1) is 0 Å². The van der Waals surface area contributed by atoms with Crippen LogP contribution in [0.2, 0.25) is 0 Å². The lowest BCUT2D eigenvalue weighted by Gasteiger charge is -2.43. The second kappa shape index (κ2) is 27.6. The molecule has 0 radical (unpaired) electrons. The smallest absolute Gasteiger partial charge is 0.434 e. The van der Waals surface area contributed by atoms with Crippen LogP contribution in [0.4, 0.5) is 34.1 Å². The van der Waals surface area contributed by atoms with Crippen molar-refractivity contribution in [2.24, 2.45) is 0 Å². The third kappa shape index (κ3) is 16.0. The molecule has 5 amide bonds. The van der Waals surface area contributed by atoms with Crippen LogP contribution in [-0.4, -0.2) is 162 Å². The molecule has 1 saturated heterocycles. The molecule has 29 heteroatoms. The number of nitro groups is 1. The number of para-hydroxylation sites is 1. The summed E-state index contributed by atoms with van der Waals surface area (Å²) in [6.07, 6.45) is -6.89. The van der Waals surface area contributed by atoms with Crippen LogP contribution in [0, 0.1) is 10.1 Å². The number of carbonyl (C=O) groups is 5. The number of piperazine rings is 1. The molecule has 25 nitrogen and oxygen atoms in total. The Bertz CT molecular complexity index is 2810. The fourth-order valence-electron chi connectivity index (χ4n) is 8.01. The number of pyridine rings is 3. The highest BCUT2D eigenvalue weighted by molar-refractivity contribution is 7.89. The summed E-state index contributed by atoms with van der Waals surface area (Å²) in [4.78, 5) is 88.9. The van der Waals surface area contributed by atoms with Crippen molar-refractivity contribution in [3.63, 3.8) is 0 Å². The van der Waals surface area contributed by atoms with Crippen LogP contribution in [-0.2, 0) is 37.1 Å². The van der Waals surface area contributed by atoms with Gasteiger partial charge in [0.2, 0.25) is 33.6 Å². The second-order valence-corrected chi connectivity index (χ2v) is 18.4. The van der Waals surface area contributed by atoms with Gasteiger partial charge in [0.05, 0.1) is 72.5 Å². The highest BCUT2D eigenvalue weighted by atomic mass is 32.2. The van der Waals surface area contributed by atoms with Gasteiger partial charge >= 0.3 is 18.4 Å². The number of ether oxygens (including phenoxy) is 3. The molecular formula is C47H58F3N11O14S. The molecule has 4 heterocycles. The first-order valence-corrected chi connectivity index (χ1v) is 25.3. The number of amides is 5. The molecule has 76 heavy (non-hydrogen) atoms. The molecule has 0 saturated carbocycles. The van der Waals surface area contributed by atoms with E-state index in [0.717, 1.165) is 22.5 Å². The summed E-state index contributed by atoms with van der Waals surface area (Å²) in [5, 5.41) is 39.4. The molecule has 1 fully saturated rings. The van der Waals surface area contributed by atoms with Crippen LogP contribution < -0.4 is 35.6 Å². The van der Waals surface area contributed by atoms with Crippen LogP contribution >= 0.6 is 0 Å². The van der Waals surface area contributed by atoms with Gasteiger partial charge in [0.25, 0.3) is 11.6 Å². The number of nitrogens with zero attached hydrogens (tertiary/aromatic N) is 7. The molecule has 0 bridgehead atoms. The number of anilines is 1. The molecule has 6 N–H and O–H groups in total. The number of carbonyl (C=O) groups excluding carboxylic acids is 3. The Kier molecular flexibility index (Phi) is 21.4. The van der Waals surface area contributed by atoms with E-state index in [4.69, 9.17) is 24.3 Å². The van der Waals surface area contributed by atoms with Crippen LogP contribution in [0.5, 0.6) is 11.8 Å². The fourth-order valence-corrected chi connectivity index (χ4v) is 9.61. The molecule has 412 valence electrons. The predicted molar refractivity (Wildman–Crippen MR) is 264 cm³/mol. The summed E-state index contributed by atoms with van der Waals surface area (Å²) >= 11 is 0. The molecule has 3 aromatic heterocycles. The zero-order chi connectivity index (χ0) is 55.6. The van der Waals surface area contributed by atoms with Crippen LogP contribution in [0.25, 0.3) is 11.3 Å². The summed E-state index contributed by atoms with van der Waals surface area (Å²) in [5.74, 6) is -2.73. The van der Waals surface area contributed by atoms with E-state index in [2.05, 4.69) is 25.9 Å². The SMILES string of the molecule is CCOc1ccc(C(=O)N2CCN(c3ccc(-c4cccnc4OCC)nc3CN(CCCNC(=O)C(CC(=O)NCCOCCNC(=O)O)NC(=O)O)S(=O)(=O)c3ccccc3[N+](=O)[O-])[C@H](CC)C2)c(C(F)(F)F)n1. The number of alkyl halides is 3. The molecule has 4 aromatic rings. The third-order valence-corrected chi connectivity index (χ3v) is 13.4. The quantitative estimate of drug-likeness (QED) is 0.0278. The first kappa shape index (κ1) is 59.0. The maximum absolute atomic E-state index is 14.8. The average Bonchev–Trinajstić information content (AvgIpc) is 3.39. The largest absolute Gasteiger partial charge is 0.478 e. The number of sulfonamides is 1. The van der Waals surface area contributed by atoms with E-state index in [9.17, 15) is 60.8 Å². The van der Waals surface area contributed by atoms with Crippen molar-refractivity contribution in [3.05, 3.63) is 93.9 Å². The van der Waals surface area contributed by atoms with Gasteiger partial charge in [-0.25, -0.2) is 33.0 Å². The molecule has 0 aliphatic carbocycles. The van der Waals surface area contributed by atoms with Crippen molar-refractivity contribution in [1.82, 2.24) is 45.4 Å². The summed E-state index contributed by atoms with van der Waals surface area (Å²) in [6.45, 7) is 3.80. The molecule has 5 rings (SSSR count). The second-order valence-electron chi connectivity index (χ2n) is 16.5. The number of aromatic nitrogens is 3. The predicted octanol–water partition coefficient (Wildman–Crippen LogP) is 4.13. The highest BCUT2D eigenvalue weighted by Gasteiger charge is 2.41. The number of benzene rings is 1. The molecule has 1 aromatic carbocycles. The van der Waals surface area contributed by atoms with Crippen molar-refractivity contribution < 1.29 is 74.9 Å². The molecule has 2 atom stereocenters. The Morgan fingerprint density at radius 3 is 2.29 bits per heavy atom. The number of halogens is 3. The van der Waals surface area contributed by atoms with Crippen molar-refractivity contribution in [1.29, 1.82) is 0 Å². The van der Waals surface area contributed by atoms with Gasteiger partial charge in [-0.3, -0.25) is 24.5 Å². The van der Waals surface area contributed by atoms with E-state index in [1.54, 1.807) is 45.0 Å². The van der Waals surface area contributed by atoms with Gasteiger partial charge in [0.1, 0.15) is 6.04 Å². The topological polar surface area (TPSA) is 327 Å². The van der Waals surface area contributed by atoms with Crippen molar-refractivity contribution in [2.45, 2.75) is 69.7 Å². The molecule has 1 aliphatic heterocycles. The Morgan fingerprint density at radius 1 is 0.895 bits per heavy atom. The van der Waals surface area contributed by atoms with Crippen LogP contribution in [0.15, 0.2) is 71.8 Å². The van der Waals surface area contributed by atoms with E-state index in [1.807, 2.05) is 10.2 Å². The summed E-state index contributed by atoms with van der Waals surface area (Å²) in [6, 6.07) is 11.3. The summed E-state index contributed by atoms with van der Waals surface area (Å²) < 4.78 is 89.6. The normalized spacial score (nSPS) is 14.1. The van der Waals surface area contributed by atoms with Crippen LogP contribution in [0.1, 0.15) is 61.8 Å². The van der Waals surface area contributed by atoms with Gasteiger partial charge in [-0.05, 0) is 63.1 Å². The average molecular weight is 1090 g/mol. The van der Waals surface area contributed by atoms with Crippen molar-refractivity contribution in [3.8, 4) is 23.0 Å². The van der Waals surface area contributed by atoms with E-state index < -0.39 is 104 Å². The number of nitrogens with one attached hydrogen (secondary N) is 4. The first-order chi connectivity index (χ1) is 36.2. The number of nitro benzene ring substituents is 1. The fraction of sp³-hybridized carbons (Fsp3) is 0.447. The summed E-state index contributed by atoms with van der Waals surface area (Å²) in [7, 11) is -4.84. The molecule has 0 spiro atoms. The first-order valence-electron chi connectivity index (χ1n) is 23.9. The maximum atomic E-state index is 14.8. The van der Waals surface area contributed by atoms with Gasteiger partial charge in [0.15, 0.2) is 10.6 Å². The van der Waals surface area contributed by atoms with Crippen LogP contribution in [0.3, 0.4) is 0 Å². The van der Waals surface area contributed by atoms with Gasteiger partial charge in [-0.2, -0.15) is 17.5 Å². The Morgan fingerprint density at radius 2 is 1.62 bits per heavy atom. The molecule has 1 aliphatic rings. The Hall–Kier alpha value is -7.92. The zero-order valence-electron chi connectivity index (χ0n) is 41.6. The lowest BCUT2D eigenvalue weighted by atomic mass is 10.0. The number of rotatable bonds is 27. The number of hydrogen-bond donors (Lipinski definition) is 6. The molecule has 1 unspecified atom stereocenters. The Balaban J connectivity index is 1.47. The summed E-state index contributed by atoms with van der Waals surface area (Å²) in [5.41, 5.74) is -1.70. The van der Waals surface area contributed by atoms with Gasteiger partial charge in [0, 0.05) is 70.2 Å². The minimum absolute atomic E-state index is 0.00429. The molecular weight excluding hydrogens is 1030 g/mol.